The lowest BCUT2D eigenvalue weighted by Gasteiger charge is -2.23. The third-order valence-corrected chi connectivity index (χ3v) is 8.01. The van der Waals surface area contributed by atoms with Crippen molar-refractivity contribution in [1.29, 1.82) is 0 Å². The number of furan rings is 1. The quantitative estimate of drug-likeness (QED) is 0.315. The summed E-state index contributed by atoms with van der Waals surface area (Å²) in [6.45, 7) is 3.31. The number of amides is 2. The van der Waals surface area contributed by atoms with Gasteiger partial charge in [0.1, 0.15) is 11.6 Å². The molecule has 12 nitrogen and oxygen atoms in total. The van der Waals surface area contributed by atoms with Gasteiger partial charge in [0.25, 0.3) is 5.91 Å². The third-order valence-electron chi connectivity index (χ3n) is 6.17. The van der Waals surface area contributed by atoms with Gasteiger partial charge in [-0.25, -0.2) is 8.42 Å². The van der Waals surface area contributed by atoms with Gasteiger partial charge in [0.2, 0.25) is 5.91 Å². The Morgan fingerprint density at radius 2 is 2.05 bits per heavy atom. The molecule has 0 radical (unpaired) electrons. The summed E-state index contributed by atoms with van der Waals surface area (Å²) in [7, 11) is -4.21. The first kappa shape index (κ1) is 27.2. The van der Waals surface area contributed by atoms with E-state index in [0.29, 0.717) is 17.5 Å². The normalized spacial score (nSPS) is 17.8. The predicted octanol–water partition coefficient (Wildman–Crippen LogP) is 1.14. The number of sulfonamides is 1. The fourth-order valence-electron chi connectivity index (χ4n) is 4.28. The Morgan fingerprint density at radius 3 is 2.76 bits per heavy atom. The van der Waals surface area contributed by atoms with Crippen LogP contribution < -0.4 is 15.4 Å². The number of pyridine rings is 2. The molecular formula is C25H29N5O7S. The van der Waals surface area contributed by atoms with E-state index in [-0.39, 0.29) is 35.8 Å². The van der Waals surface area contributed by atoms with Crippen LogP contribution in [0.25, 0.3) is 11.1 Å². The highest BCUT2D eigenvalue weighted by Crippen LogP contribution is 2.19. The van der Waals surface area contributed by atoms with E-state index < -0.39 is 51.3 Å². The zero-order chi connectivity index (χ0) is 27.4. The lowest BCUT2D eigenvalue weighted by molar-refractivity contribution is -0.646. The maximum Gasteiger partial charge on any atom is 0.323 e. The molecule has 202 valence electrons. The first-order valence-corrected chi connectivity index (χ1v) is 13.7. The van der Waals surface area contributed by atoms with Crippen LogP contribution in [-0.2, 0) is 19.6 Å². The summed E-state index contributed by atoms with van der Waals surface area (Å²) >= 11 is 0. The van der Waals surface area contributed by atoms with Crippen molar-refractivity contribution in [3.63, 3.8) is 0 Å². The maximum absolute atomic E-state index is 13.2. The summed E-state index contributed by atoms with van der Waals surface area (Å²) < 4.78 is 32.7. The zero-order valence-corrected chi connectivity index (χ0v) is 21.8. The summed E-state index contributed by atoms with van der Waals surface area (Å²) in [4.78, 5) is 43.2. The van der Waals surface area contributed by atoms with Crippen molar-refractivity contribution in [3.05, 3.63) is 59.8 Å². The molecule has 0 spiro atoms. The molecule has 4 heterocycles. The summed E-state index contributed by atoms with van der Waals surface area (Å²) in [5, 5.41) is 16.9. The average molecular weight is 544 g/mol. The van der Waals surface area contributed by atoms with Crippen LogP contribution in [0.3, 0.4) is 0 Å². The van der Waals surface area contributed by atoms with Crippen LogP contribution in [0.2, 0.25) is 0 Å². The van der Waals surface area contributed by atoms with Gasteiger partial charge in [-0.1, -0.05) is 13.8 Å². The molecule has 1 fully saturated rings. The van der Waals surface area contributed by atoms with Crippen molar-refractivity contribution in [2.75, 3.05) is 13.1 Å². The number of rotatable bonds is 8. The second kappa shape index (κ2) is 11.3. The Balaban J connectivity index is 1.45. The van der Waals surface area contributed by atoms with Crippen LogP contribution >= 0.6 is 0 Å². The molecule has 13 heteroatoms. The maximum atomic E-state index is 13.2. The number of Topliss-reactive ketones (excluding diaryl/α,β-unsaturated/α-hetero) is 1. The van der Waals surface area contributed by atoms with Gasteiger partial charge in [-0.2, -0.15) is 9.04 Å². The van der Waals surface area contributed by atoms with E-state index in [9.17, 15) is 28.0 Å². The Labute approximate surface area is 219 Å². The Bertz CT molecular complexity index is 1420. The molecule has 1 aliphatic heterocycles. The third kappa shape index (κ3) is 6.00. The van der Waals surface area contributed by atoms with E-state index in [1.807, 2.05) is 13.8 Å². The van der Waals surface area contributed by atoms with Crippen molar-refractivity contribution < 1.29 is 31.9 Å². The van der Waals surface area contributed by atoms with Crippen LogP contribution in [-0.4, -0.2) is 60.5 Å². The Hall–Kier alpha value is -3.84. The van der Waals surface area contributed by atoms with Crippen molar-refractivity contribution in [1.82, 2.24) is 19.9 Å². The molecule has 0 aliphatic carbocycles. The van der Waals surface area contributed by atoms with E-state index in [0.717, 1.165) is 10.5 Å². The first-order valence-electron chi connectivity index (χ1n) is 12.2. The van der Waals surface area contributed by atoms with E-state index in [2.05, 4.69) is 15.6 Å². The number of carbonyl (C=O) groups is 3. The first-order chi connectivity index (χ1) is 18.1. The van der Waals surface area contributed by atoms with Gasteiger partial charge < -0.3 is 20.3 Å². The number of nitrogens with one attached hydrogen (secondary N) is 2. The minimum atomic E-state index is -4.21. The lowest BCUT2D eigenvalue weighted by Crippen LogP contribution is -2.52. The number of hydrogen-bond donors (Lipinski definition) is 2. The number of aromatic nitrogens is 2. The summed E-state index contributed by atoms with van der Waals surface area (Å²) in [5.74, 6) is -1.62. The Morgan fingerprint density at radius 1 is 1.26 bits per heavy atom. The molecule has 1 aliphatic rings. The van der Waals surface area contributed by atoms with Crippen molar-refractivity contribution in [2.24, 2.45) is 5.92 Å². The fourth-order valence-corrected chi connectivity index (χ4v) is 5.75. The van der Waals surface area contributed by atoms with E-state index in [4.69, 9.17) is 4.42 Å². The molecule has 0 bridgehead atoms. The fraction of sp³-hybridized carbons (Fsp3) is 0.400. The lowest BCUT2D eigenvalue weighted by atomic mass is 10.0. The monoisotopic (exact) mass is 543 g/mol. The molecule has 3 aromatic rings. The van der Waals surface area contributed by atoms with E-state index >= 15 is 0 Å². The summed E-state index contributed by atoms with van der Waals surface area (Å²) in [6.07, 6.45) is 3.44. The number of hydrogen-bond acceptors (Lipinski definition) is 8. The second-order valence-electron chi connectivity index (χ2n) is 9.53. The Kier molecular flexibility index (Phi) is 8.07. The summed E-state index contributed by atoms with van der Waals surface area (Å²) in [5.41, 5.74) is 0.938. The molecule has 3 aromatic heterocycles. The SMILES string of the molecule is CC(C)CC(NC(=O)c1cc2ncccc2o1)C(=O)N[C@H]1CCCN(S(=O)(=O)c2cccc[n+]2[O-])CC1=O. The molecule has 38 heavy (non-hydrogen) atoms. The zero-order valence-electron chi connectivity index (χ0n) is 21.0. The number of nitrogens with zero attached hydrogens (tertiary/aromatic N) is 3. The molecule has 2 atom stereocenters. The van der Waals surface area contributed by atoms with Crippen LogP contribution in [0, 0.1) is 11.1 Å². The minimum Gasteiger partial charge on any atom is -0.618 e. The highest BCUT2D eigenvalue weighted by atomic mass is 32.2. The smallest absolute Gasteiger partial charge is 0.323 e. The topological polar surface area (TPSA) is 166 Å². The summed E-state index contributed by atoms with van der Waals surface area (Å²) in [6, 6.07) is 6.94. The molecule has 2 amide bonds. The second-order valence-corrected chi connectivity index (χ2v) is 11.4. The van der Waals surface area contributed by atoms with Crippen molar-refractivity contribution in [2.45, 2.75) is 50.2 Å². The predicted molar refractivity (Wildman–Crippen MR) is 135 cm³/mol. The van der Waals surface area contributed by atoms with Gasteiger partial charge >= 0.3 is 15.0 Å². The van der Waals surface area contributed by atoms with Crippen LogP contribution in [0.5, 0.6) is 0 Å². The number of fused-ring (bicyclic) bond motifs is 1. The average Bonchev–Trinajstić information content (AvgIpc) is 3.22. The molecule has 2 N–H and O–H groups in total. The van der Waals surface area contributed by atoms with Crippen LogP contribution in [0.1, 0.15) is 43.7 Å². The largest absolute Gasteiger partial charge is 0.618 e. The molecule has 1 saturated heterocycles. The van der Waals surface area contributed by atoms with Gasteiger partial charge in [0.05, 0.1) is 12.6 Å². The van der Waals surface area contributed by atoms with Crippen molar-refractivity contribution >= 4 is 38.7 Å². The molecule has 1 unspecified atom stereocenters. The minimum absolute atomic E-state index is 0.00294. The highest BCUT2D eigenvalue weighted by Gasteiger charge is 2.37. The number of ketones is 1. The van der Waals surface area contributed by atoms with E-state index in [1.165, 1.54) is 24.3 Å². The van der Waals surface area contributed by atoms with Gasteiger partial charge in [0.15, 0.2) is 23.3 Å². The number of carbonyl (C=O) groups excluding carboxylic acids is 3. The van der Waals surface area contributed by atoms with Gasteiger partial charge in [-0.15, -0.1) is 0 Å². The standard InChI is InChI=1S/C25H29N5O7S/c1-16(2)13-19(28-25(33)22-14-18-21(37-22)8-5-10-26-18)24(32)27-17-7-6-11-29(15-20(17)31)38(35,36)23-9-3-4-12-30(23)34/h3-5,8-10,12,14,16-17,19H,6-7,11,13,15H2,1-2H3,(H,27,32)(H,28,33)/t17-,19?/m0/s1. The van der Waals surface area contributed by atoms with Crippen LogP contribution in [0.15, 0.2) is 58.2 Å². The van der Waals surface area contributed by atoms with Crippen LogP contribution in [0.4, 0.5) is 0 Å². The molecular weight excluding hydrogens is 514 g/mol. The van der Waals surface area contributed by atoms with Gasteiger partial charge in [-0.05, 0) is 43.4 Å². The van der Waals surface area contributed by atoms with Crippen molar-refractivity contribution in [3.8, 4) is 0 Å². The molecule has 0 saturated carbocycles. The molecule has 0 aromatic carbocycles. The molecule has 4 rings (SSSR count). The van der Waals surface area contributed by atoms with Gasteiger partial charge in [0, 0.05) is 30.9 Å². The van der Waals surface area contributed by atoms with E-state index in [1.54, 1.807) is 18.3 Å². The van der Waals surface area contributed by atoms with Gasteiger partial charge in [-0.3, -0.25) is 19.4 Å². The highest BCUT2D eigenvalue weighted by molar-refractivity contribution is 7.89.